The van der Waals surface area contributed by atoms with Crippen LogP contribution in [0.5, 0.6) is 0 Å². The smallest absolute Gasteiger partial charge is 0.0507 e. The molecule has 1 aromatic carbocycles. The van der Waals surface area contributed by atoms with Gasteiger partial charge in [0.25, 0.3) is 0 Å². The Morgan fingerprint density at radius 3 is 2.75 bits per heavy atom. The van der Waals surface area contributed by atoms with E-state index in [1.165, 1.54) is 50.1 Å². The molecule has 0 saturated carbocycles. The average molecular weight is 378 g/mol. The molecule has 148 valence electrons. The molecule has 0 radical (unpaired) electrons. The summed E-state index contributed by atoms with van der Waals surface area (Å²) in [5.41, 5.74) is 3.16. The van der Waals surface area contributed by atoms with Gasteiger partial charge in [-0.05, 0) is 48.4 Å². The van der Waals surface area contributed by atoms with Crippen molar-refractivity contribution in [3.05, 3.63) is 66.0 Å². The van der Waals surface area contributed by atoms with Gasteiger partial charge >= 0.3 is 0 Å². The molecule has 0 bridgehead atoms. The first kappa shape index (κ1) is 18.3. The van der Waals surface area contributed by atoms with Crippen LogP contribution in [0.4, 0.5) is 0 Å². The highest BCUT2D eigenvalue weighted by Crippen LogP contribution is 2.45. The Morgan fingerprint density at radius 2 is 1.96 bits per heavy atom. The van der Waals surface area contributed by atoms with Gasteiger partial charge in [0.1, 0.15) is 0 Å². The maximum absolute atomic E-state index is 5.62. The molecule has 4 heteroatoms. The predicted molar refractivity (Wildman–Crippen MR) is 111 cm³/mol. The lowest BCUT2D eigenvalue weighted by Crippen LogP contribution is -2.50. The number of likely N-dealkylation sites (tertiary alicyclic amines) is 2. The topological polar surface area (TPSA) is 28.6 Å². The molecule has 3 fully saturated rings. The largest absolute Gasteiger partial charge is 0.381 e. The molecule has 4 nitrogen and oxygen atoms in total. The predicted octanol–water partition coefficient (Wildman–Crippen LogP) is 3.19. The summed E-state index contributed by atoms with van der Waals surface area (Å²) in [6.45, 7) is 8.90. The van der Waals surface area contributed by atoms with E-state index in [4.69, 9.17) is 4.74 Å². The molecule has 0 spiro atoms. The highest BCUT2D eigenvalue weighted by Gasteiger charge is 2.50. The van der Waals surface area contributed by atoms with E-state index in [0.29, 0.717) is 11.3 Å². The van der Waals surface area contributed by atoms with E-state index < -0.39 is 0 Å². The summed E-state index contributed by atoms with van der Waals surface area (Å²) < 4.78 is 5.62. The van der Waals surface area contributed by atoms with Crippen molar-refractivity contribution in [2.75, 3.05) is 45.9 Å². The molecular weight excluding hydrogens is 346 g/mol. The number of rotatable bonds is 5. The second-order valence-corrected chi connectivity index (χ2v) is 8.99. The van der Waals surface area contributed by atoms with Crippen molar-refractivity contribution in [3.63, 3.8) is 0 Å². The van der Waals surface area contributed by atoms with Crippen LogP contribution in [-0.4, -0.2) is 60.7 Å². The zero-order valence-electron chi connectivity index (χ0n) is 16.7. The Hall–Kier alpha value is -1.75. The van der Waals surface area contributed by atoms with Crippen molar-refractivity contribution in [2.45, 2.75) is 24.8 Å². The Balaban J connectivity index is 1.35. The second kappa shape index (κ2) is 7.94. The SMILES string of the molecule is c1ccc([C@]23CCN(C[C@@H]4CCOC4)C[C@@H]2CN(Cc2cccnc2)C3)cc1. The van der Waals surface area contributed by atoms with Crippen LogP contribution in [0.1, 0.15) is 24.0 Å². The van der Waals surface area contributed by atoms with Gasteiger partial charge in [-0.25, -0.2) is 0 Å². The number of aromatic nitrogens is 1. The zero-order chi connectivity index (χ0) is 18.8. The van der Waals surface area contributed by atoms with Crippen LogP contribution in [-0.2, 0) is 16.7 Å². The summed E-state index contributed by atoms with van der Waals surface area (Å²) in [6, 6.07) is 15.6. The van der Waals surface area contributed by atoms with E-state index in [1.807, 2.05) is 12.4 Å². The maximum atomic E-state index is 5.62. The summed E-state index contributed by atoms with van der Waals surface area (Å²) in [4.78, 5) is 9.70. The number of pyridine rings is 1. The van der Waals surface area contributed by atoms with Crippen molar-refractivity contribution >= 4 is 0 Å². The van der Waals surface area contributed by atoms with Crippen molar-refractivity contribution in [2.24, 2.45) is 11.8 Å². The molecule has 3 saturated heterocycles. The first-order valence-corrected chi connectivity index (χ1v) is 10.8. The van der Waals surface area contributed by atoms with E-state index in [9.17, 15) is 0 Å². The van der Waals surface area contributed by atoms with Crippen molar-refractivity contribution in [3.8, 4) is 0 Å². The number of ether oxygens (including phenoxy) is 1. The number of piperidine rings is 1. The number of nitrogens with zero attached hydrogens (tertiary/aromatic N) is 3. The average Bonchev–Trinajstić information content (AvgIpc) is 3.37. The van der Waals surface area contributed by atoms with Crippen LogP contribution in [0.25, 0.3) is 0 Å². The fourth-order valence-electron chi connectivity index (χ4n) is 5.73. The van der Waals surface area contributed by atoms with Crippen LogP contribution in [0.3, 0.4) is 0 Å². The molecular formula is C24H31N3O. The fraction of sp³-hybridized carbons (Fsp3) is 0.542. The molecule has 0 N–H and O–H groups in total. The maximum Gasteiger partial charge on any atom is 0.0507 e. The molecule has 0 amide bonds. The first-order valence-electron chi connectivity index (χ1n) is 10.8. The van der Waals surface area contributed by atoms with Gasteiger partial charge < -0.3 is 9.64 Å². The molecule has 5 rings (SSSR count). The molecule has 0 unspecified atom stereocenters. The highest BCUT2D eigenvalue weighted by molar-refractivity contribution is 5.31. The van der Waals surface area contributed by atoms with Gasteiger partial charge in [-0.2, -0.15) is 0 Å². The molecule has 28 heavy (non-hydrogen) atoms. The molecule has 3 aliphatic heterocycles. The minimum Gasteiger partial charge on any atom is -0.381 e. The summed E-state index contributed by atoms with van der Waals surface area (Å²) in [6.07, 6.45) is 6.38. The minimum absolute atomic E-state index is 0.298. The lowest BCUT2D eigenvalue weighted by Gasteiger charge is -2.44. The van der Waals surface area contributed by atoms with Crippen LogP contribution < -0.4 is 0 Å². The van der Waals surface area contributed by atoms with Gasteiger partial charge in [-0.15, -0.1) is 0 Å². The minimum atomic E-state index is 0.298. The zero-order valence-corrected chi connectivity index (χ0v) is 16.7. The third-order valence-electron chi connectivity index (χ3n) is 7.14. The van der Waals surface area contributed by atoms with Gasteiger partial charge in [0, 0.05) is 57.1 Å². The van der Waals surface area contributed by atoms with Crippen LogP contribution in [0, 0.1) is 11.8 Å². The van der Waals surface area contributed by atoms with Gasteiger partial charge in [0.15, 0.2) is 0 Å². The third kappa shape index (κ3) is 3.61. The Kier molecular flexibility index (Phi) is 5.19. The second-order valence-electron chi connectivity index (χ2n) is 8.99. The molecule has 4 heterocycles. The van der Waals surface area contributed by atoms with Crippen molar-refractivity contribution < 1.29 is 4.74 Å². The first-order chi connectivity index (χ1) is 13.8. The number of benzene rings is 1. The summed E-state index contributed by atoms with van der Waals surface area (Å²) in [5.74, 6) is 1.43. The summed E-state index contributed by atoms with van der Waals surface area (Å²) >= 11 is 0. The molecule has 3 atom stereocenters. The number of hydrogen-bond acceptors (Lipinski definition) is 4. The molecule has 3 aliphatic rings. The van der Waals surface area contributed by atoms with E-state index >= 15 is 0 Å². The Bertz CT molecular complexity index is 762. The molecule has 1 aromatic heterocycles. The third-order valence-corrected chi connectivity index (χ3v) is 7.14. The lowest BCUT2D eigenvalue weighted by molar-refractivity contribution is 0.101. The fourth-order valence-corrected chi connectivity index (χ4v) is 5.73. The van der Waals surface area contributed by atoms with Gasteiger partial charge in [-0.1, -0.05) is 36.4 Å². The van der Waals surface area contributed by atoms with E-state index in [-0.39, 0.29) is 0 Å². The monoisotopic (exact) mass is 377 g/mol. The van der Waals surface area contributed by atoms with E-state index in [1.54, 1.807) is 0 Å². The van der Waals surface area contributed by atoms with Gasteiger partial charge in [-0.3, -0.25) is 9.88 Å². The normalized spacial score (nSPS) is 31.1. The molecule has 2 aromatic rings. The van der Waals surface area contributed by atoms with E-state index in [2.05, 4.69) is 57.2 Å². The van der Waals surface area contributed by atoms with Crippen LogP contribution >= 0.6 is 0 Å². The summed E-state index contributed by atoms with van der Waals surface area (Å²) in [5, 5.41) is 0. The standard InChI is InChI=1S/C24H31N3O/c1-2-6-22(7-3-1)24-9-11-26(15-21-8-12-28-18-21)16-23(24)17-27(19-24)14-20-5-4-10-25-13-20/h1-7,10,13,21,23H,8-9,11-12,14-19H2/t21-,23+,24+/m0/s1. The van der Waals surface area contributed by atoms with Crippen LogP contribution in [0.15, 0.2) is 54.9 Å². The molecule has 0 aliphatic carbocycles. The summed E-state index contributed by atoms with van der Waals surface area (Å²) in [7, 11) is 0. The van der Waals surface area contributed by atoms with Crippen molar-refractivity contribution in [1.29, 1.82) is 0 Å². The quantitative estimate of drug-likeness (QED) is 0.800. The number of hydrogen-bond donors (Lipinski definition) is 0. The van der Waals surface area contributed by atoms with Gasteiger partial charge in [0.05, 0.1) is 6.61 Å². The van der Waals surface area contributed by atoms with Crippen LogP contribution in [0.2, 0.25) is 0 Å². The van der Waals surface area contributed by atoms with Gasteiger partial charge in [0.2, 0.25) is 0 Å². The van der Waals surface area contributed by atoms with Crippen molar-refractivity contribution in [1.82, 2.24) is 14.8 Å². The number of fused-ring (bicyclic) bond motifs is 1. The lowest BCUT2D eigenvalue weighted by atomic mass is 9.68. The van der Waals surface area contributed by atoms with E-state index in [0.717, 1.165) is 32.2 Å². The Labute approximate surface area is 168 Å². The Morgan fingerprint density at radius 1 is 1.07 bits per heavy atom. The highest BCUT2D eigenvalue weighted by atomic mass is 16.5.